The van der Waals surface area contributed by atoms with Gasteiger partial charge in [0.1, 0.15) is 6.04 Å². The van der Waals surface area contributed by atoms with Gasteiger partial charge in [-0.2, -0.15) is 0 Å². The molecular formula is C30H35ClN2O2S. The van der Waals surface area contributed by atoms with Gasteiger partial charge in [0.2, 0.25) is 11.8 Å². The van der Waals surface area contributed by atoms with Crippen LogP contribution in [0.1, 0.15) is 43.0 Å². The quantitative estimate of drug-likeness (QED) is 0.333. The van der Waals surface area contributed by atoms with Crippen LogP contribution >= 0.6 is 23.4 Å². The molecule has 1 N–H and O–H groups in total. The molecule has 0 heterocycles. The van der Waals surface area contributed by atoms with Crippen molar-refractivity contribution < 1.29 is 9.59 Å². The van der Waals surface area contributed by atoms with E-state index >= 15 is 0 Å². The lowest BCUT2D eigenvalue weighted by molar-refractivity contribution is -0.140. The van der Waals surface area contributed by atoms with E-state index in [-0.39, 0.29) is 17.6 Å². The Kier molecular flexibility index (Phi) is 10.0. The maximum Gasteiger partial charge on any atom is 0.243 e. The smallest absolute Gasteiger partial charge is 0.243 e. The third-order valence-electron chi connectivity index (χ3n) is 5.63. The third kappa shape index (κ3) is 9.03. The van der Waals surface area contributed by atoms with Gasteiger partial charge in [-0.15, -0.1) is 11.8 Å². The Bertz CT molecular complexity index is 1140. The molecule has 1 atom stereocenters. The van der Waals surface area contributed by atoms with Crippen molar-refractivity contribution in [3.8, 4) is 0 Å². The first-order valence-electron chi connectivity index (χ1n) is 12.1. The molecule has 4 nitrogen and oxygen atoms in total. The topological polar surface area (TPSA) is 49.4 Å². The Morgan fingerprint density at radius 1 is 0.917 bits per heavy atom. The van der Waals surface area contributed by atoms with E-state index in [1.54, 1.807) is 16.7 Å². The van der Waals surface area contributed by atoms with Crippen LogP contribution in [-0.4, -0.2) is 34.0 Å². The highest BCUT2D eigenvalue weighted by Gasteiger charge is 2.32. The zero-order valence-corrected chi connectivity index (χ0v) is 23.0. The maximum absolute atomic E-state index is 13.7. The minimum Gasteiger partial charge on any atom is -0.350 e. The standard InChI is InChI=1S/C30H35ClN2O2S/c1-22-13-15-24(16-14-22)20-36-21-28(34)33(19-25-11-8-12-26(31)17-25)27(29(35)32-30(2,3)4)18-23-9-6-5-7-10-23/h5-17,27H,18-21H2,1-4H3,(H,32,35)/t27-/m0/s1. The number of carbonyl (C=O) groups is 2. The Labute approximate surface area is 224 Å². The fraction of sp³-hybridized carbons (Fsp3) is 0.333. The molecule has 0 bridgehead atoms. The van der Waals surface area contributed by atoms with Crippen molar-refractivity contribution >= 4 is 35.2 Å². The number of thioether (sulfide) groups is 1. The SMILES string of the molecule is Cc1ccc(CSCC(=O)N(Cc2cccc(Cl)c2)[C@@H](Cc2ccccc2)C(=O)NC(C)(C)C)cc1. The molecule has 0 radical (unpaired) electrons. The number of halogens is 1. The van der Waals surface area contributed by atoms with E-state index in [2.05, 4.69) is 36.5 Å². The maximum atomic E-state index is 13.7. The Morgan fingerprint density at radius 2 is 1.58 bits per heavy atom. The summed E-state index contributed by atoms with van der Waals surface area (Å²) in [6.45, 7) is 8.21. The average molecular weight is 523 g/mol. The number of carbonyl (C=O) groups excluding carboxylic acids is 2. The van der Waals surface area contributed by atoms with Crippen LogP contribution in [0.4, 0.5) is 0 Å². The van der Waals surface area contributed by atoms with Gasteiger partial charge in [0.05, 0.1) is 5.75 Å². The van der Waals surface area contributed by atoms with E-state index in [1.807, 2.05) is 75.4 Å². The Morgan fingerprint density at radius 3 is 2.22 bits per heavy atom. The summed E-state index contributed by atoms with van der Waals surface area (Å²) in [4.78, 5) is 28.9. The van der Waals surface area contributed by atoms with Crippen molar-refractivity contribution in [1.82, 2.24) is 10.2 Å². The summed E-state index contributed by atoms with van der Waals surface area (Å²) in [7, 11) is 0. The lowest BCUT2D eigenvalue weighted by Crippen LogP contribution is -2.54. The zero-order valence-electron chi connectivity index (χ0n) is 21.5. The molecule has 0 fully saturated rings. The van der Waals surface area contributed by atoms with Crippen molar-refractivity contribution in [1.29, 1.82) is 0 Å². The zero-order chi connectivity index (χ0) is 26.1. The van der Waals surface area contributed by atoms with Gasteiger partial charge in [0.15, 0.2) is 0 Å². The first-order valence-corrected chi connectivity index (χ1v) is 13.7. The van der Waals surface area contributed by atoms with E-state index in [9.17, 15) is 9.59 Å². The molecule has 0 aromatic heterocycles. The number of amides is 2. The van der Waals surface area contributed by atoms with Crippen LogP contribution in [0.25, 0.3) is 0 Å². The Balaban J connectivity index is 1.86. The van der Waals surface area contributed by atoms with Crippen LogP contribution in [0.15, 0.2) is 78.9 Å². The van der Waals surface area contributed by atoms with E-state index in [0.29, 0.717) is 18.0 Å². The van der Waals surface area contributed by atoms with Crippen LogP contribution in [0.3, 0.4) is 0 Å². The molecule has 0 unspecified atom stereocenters. The molecule has 0 aliphatic rings. The molecule has 3 rings (SSSR count). The van der Waals surface area contributed by atoms with Crippen molar-refractivity contribution in [2.75, 3.05) is 5.75 Å². The molecule has 0 saturated carbocycles. The largest absolute Gasteiger partial charge is 0.350 e. The number of aryl methyl sites for hydroxylation is 1. The van der Waals surface area contributed by atoms with Crippen molar-refractivity contribution in [2.24, 2.45) is 0 Å². The molecule has 36 heavy (non-hydrogen) atoms. The average Bonchev–Trinajstić information content (AvgIpc) is 2.82. The van der Waals surface area contributed by atoms with Crippen LogP contribution in [0.5, 0.6) is 0 Å². The van der Waals surface area contributed by atoms with Crippen LogP contribution in [-0.2, 0) is 28.3 Å². The first kappa shape index (κ1) is 27.8. The number of nitrogens with one attached hydrogen (secondary N) is 1. The lowest BCUT2D eigenvalue weighted by Gasteiger charge is -2.34. The summed E-state index contributed by atoms with van der Waals surface area (Å²) in [6.07, 6.45) is 0.428. The number of nitrogens with zero attached hydrogens (tertiary/aromatic N) is 1. The fourth-order valence-corrected chi connectivity index (χ4v) is 4.95. The third-order valence-corrected chi connectivity index (χ3v) is 6.85. The molecule has 0 saturated heterocycles. The molecule has 3 aromatic carbocycles. The summed E-state index contributed by atoms with van der Waals surface area (Å²) in [5, 5.41) is 3.70. The van der Waals surface area contributed by atoms with Gasteiger partial charge < -0.3 is 10.2 Å². The molecule has 0 aliphatic heterocycles. The normalized spacial score (nSPS) is 12.1. The highest BCUT2D eigenvalue weighted by Crippen LogP contribution is 2.20. The van der Waals surface area contributed by atoms with Gasteiger partial charge in [0.25, 0.3) is 0 Å². The van der Waals surface area contributed by atoms with Crippen LogP contribution in [0.2, 0.25) is 5.02 Å². The molecular weight excluding hydrogens is 488 g/mol. The summed E-state index contributed by atoms with van der Waals surface area (Å²) in [6, 6.07) is 25.0. The summed E-state index contributed by atoms with van der Waals surface area (Å²) >= 11 is 7.80. The summed E-state index contributed by atoms with van der Waals surface area (Å²) < 4.78 is 0. The highest BCUT2D eigenvalue weighted by molar-refractivity contribution is 7.99. The van der Waals surface area contributed by atoms with Gasteiger partial charge in [-0.05, 0) is 56.5 Å². The molecule has 3 aromatic rings. The van der Waals surface area contributed by atoms with Crippen molar-refractivity contribution in [3.63, 3.8) is 0 Å². The summed E-state index contributed by atoms with van der Waals surface area (Å²) in [5.41, 5.74) is 3.85. The second-order valence-corrected chi connectivity index (χ2v) is 11.5. The lowest BCUT2D eigenvalue weighted by atomic mass is 10.0. The molecule has 6 heteroatoms. The molecule has 190 valence electrons. The minimum absolute atomic E-state index is 0.0722. The monoisotopic (exact) mass is 522 g/mol. The van der Waals surface area contributed by atoms with Gasteiger partial charge in [-0.25, -0.2) is 0 Å². The van der Waals surface area contributed by atoms with Gasteiger partial charge in [-0.3, -0.25) is 9.59 Å². The number of hydrogen-bond donors (Lipinski definition) is 1. The van der Waals surface area contributed by atoms with E-state index in [1.165, 1.54) is 11.1 Å². The van der Waals surface area contributed by atoms with Crippen LogP contribution in [0, 0.1) is 6.92 Å². The Hall–Kier alpha value is -2.76. The van der Waals surface area contributed by atoms with E-state index in [4.69, 9.17) is 11.6 Å². The molecule has 2 amide bonds. The number of benzene rings is 3. The van der Waals surface area contributed by atoms with Gasteiger partial charge >= 0.3 is 0 Å². The fourth-order valence-electron chi connectivity index (χ4n) is 3.86. The molecule has 0 aliphatic carbocycles. The molecule has 0 spiro atoms. The van der Waals surface area contributed by atoms with Gasteiger partial charge in [0, 0.05) is 29.3 Å². The number of hydrogen-bond acceptors (Lipinski definition) is 3. The minimum atomic E-state index is -0.655. The van der Waals surface area contributed by atoms with E-state index in [0.717, 1.165) is 16.9 Å². The van der Waals surface area contributed by atoms with E-state index < -0.39 is 11.6 Å². The second-order valence-electron chi connectivity index (χ2n) is 10.1. The van der Waals surface area contributed by atoms with Crippen molar-refractivity contribution in [3.05, 3.63) is 106 Å². The second kappa shape index (κ2) is 13.0. The predicted octanol–water partition coefficient (Wildman–Crippen LogP) is 6.44. The van der Waals surface area contributed by atoms with Gasteiger partial charge in [-0.1, -0.05) is 83.9 Å². The predicted molar refractivity (Wildman–Crippen MR) is 151 cm³/mol. The summed E-state index contributed by atoms with van der Waals surface area (Å²) in [5.74, 6) is 0.777. The first-order chi connectivity index (χ1) is 17.1. The highest BCUT2D eigenvalue weighted by atomic mass is 35.5. The van der Waals surface area contributed by atoms with Crippen LogP contribution < -0.4 is 5.32 Å². The van der Waals surface area contributed by atoms with Crippen molar-refractivity contribution in [2.45, 2.75) is 58.0 Å². The number of rotatable bonds is 10.